The third-order valence-corrected chi connectivity index (χ3v) is 6.65. The number of halogens is 3. The Balaban J connectivity index is 1.45. The van der Waals surface area contributed by atoms with Gasteiger partial charge in [-0.15, -0.1) is 0 Å². The molecule has 30 heavy (non-hydrogen) atoms. The minimum Gasteiger partial charge on any atom is -0.349 e. The molecule has 1 aromatic carbocycles. The SMILES string of the molecule is Cc1c[nH]c(=O)c2c(C(=O)N3CC4CC4(c4ccc(C(F)(F)F)cc4)C3)cn(C)c12. The average molecular weight is 415 g/mol. The predicted molar refractivity (Wildman–Crippen MR) is 105 cm³/mol. The van der Waals surface area contributed by atoms with E-state index in [1.807, 2.05) is 6.92 Å². The number of aromatic nitrogens is 2. The van der Waals surface area contributed by atoms with Crippen molar-refractivity contribution in [2.45, 2.75) is 24.9 Å². The van der Waals surface area contributed by atoms with Crippen LogP contribution in [0.4, 0.5) is 13.2 Å². The predicted octanol–water partition coefficient (Wildman–Crippen LogP) is 3.61. The molecule has 1 amide bonds. The number of aryl methyl sites for hydroxylation is 2. The lowest BCUT2D eigenvalue weighted by Crippen LogP contribution is -2.33. The van der Waals surface area contributed by atoms with Crippen LogP contribution in [0.2, 0.25) is 0 Å². The number of amides is 1. The summed E-state index contributed by atoms with van der Waals surface area (Å²) >= 11 is 0. The van der Waals surface area contributed by atoms with Crippen molar-refractivity contribution in [3.8, 4) is 0 Å². The number of rotatable bonds is 2. The number of pyridine rings is 1. The molecule has 2 aliphatic rings. The smallest absolute Gasteiger partial charge is 0.349 e. The summed E-state index contributed by atoms with van der Waals surface area (Å²) in [5.74, 6) is 0.0170. The highest BCUT2D eigenvalue weighted by Crippen LogP contribution is 2.59. The first-order valence-corrected chi connectivity index (χ1v) is 9.76. The third kappa shape index (κ3) is 2.62. The molecule has 1 saturated heterocycles. The van der Waals surface area contributed by atoms with E-state index >= 15 is 0 Å². The van der Waals surface area contributed by atoms with Crippen LogP contribution < -0.4 is 5.56 Å². The van der Waals surface area contributed by atoms with Gasteiger partial charge in [0.25, 0.3) is 11.5 Å². The summed E-state index contributed by atoms with van der Waals surface area (Å²) in [6.07, 6.45) is -0.193. The number of carbonyl (C=O) groups excluding carboxylic acids is 1. The van der Waals surface area contributed by atoms with E-state index < -0.39 is 11.7 Å². The van der Waals surface area contributed by atoms with Crippen LogP contribution >= 0.6 is 0 Å². The molecule has 5 rings (SSSR count). The summed E-state index contributed by atoms with van der Waals surface area (Å²) in [6.45, 7) is 2.86. The number of alkyl halides is 3. The number of piperidine rings is 1. The van der Waals surface area contributed by atoms with Crippen molar-refractivity contribution in [2.24, 2.45) is 13.0 Å². The standard InChI is InChI=1S/C22H20F3N3O2/c1-12-8-26-19(29)17-16(10-27(2)18(12)17)20(30)28-9-15-7-21(15,11-28)13-3-5-14(6-4-13)22(23,24)25/h3-6,8,10,15H,7,9,11H2,1-2H3,(H,26,29). The van der Waals surface area contributed by atoms with Gasteiger partial charge in [0.1, 0.15) is 0 Å². The molecule has 1 aliphatic heterocycles. The van der Waals surface area contributed by atoms with Gasteiger partial charge in [-0.05, 0) is 42.5 Å². The molecule has 2 atom stereocenters. The van der Waals surface area contributed by atoms with Gasteiger partial charge < -0.3 is 14.5 Å². The van der Waals surface area contributed by atoms with Gasteiger partial charge in [-0.25, -0.2) is 0 Å². The number of H-pyrrole nitrogens is 1. The van der Waals surface area contributed by atoms with Gasteiger partial charge in [-0.1, -0.05) is 12.1 Å². The van der Waals surface area contributed by atoms with Crippen LogP contribution in [0.25, 0.3) is 10.9 Å². The lowest BCUT2D eigenvalue weighted by molar-refractivity contribution is -0.137. The molecular weight excluding hydrogens is 395 g/mol. The first kappa shape index (κ1) is 19.0. The maximum Gasteiger partial charge on any atom is 0.416 e. The van der Waals surface area contributed by atoms with E-state index in [-0.39, 0.29) is 22.8 Å². The Hall–Kier alpha value is -3.03. The van der Waals surface area contributed by atoms with E-state index in [1.165, 1.54) is 12.1 Å². The van der Waals surface area contributed by atoms with Crippen LogP contribution in [0.15, 0.2) is 41.5 Å². The number of nitrogens with one attached hydrogen (secondary N) is 1. The number of benzene rings is 1. The topological polar surface area (TPSA) is 58.1 Å². The van der Waals surface area contributed by atoms with Crippen LogP contribution in [-0.4, -0.2) is 33.4 Å². The van der Waals surface area contributed by atoms with Gasteiger partial charge in [-0.2, -0.15) is 13.2 Å². The molecule has 2 unspecified atom stereocenters. The largest absolute Gasteiger partial charge is 0.416 e. The molecule has 1 aliphatic carbocycles. The normalized spacial score (nSPS) is 23.1. The second-order valence-electron chi connectivity index (χ2n) is 8.50. The molecule has 1 saturated carbocycles. The molecular formula is C22H20F3N3O2. The van der Waals surface area contributed by atoms with Crippen molar-refractivity contribution in [1.82, 2.24) is 14.5 Å². The number of aromatic amines is 1. The molecule has 156 valence electrons. The highest BCUT2D eigenvalue weighted by Gasteiger charge is 2.61. The van der Waals surface area contributed by atoms with Crippen LogP contribution in [0.1, 0.15) is 33.5 Å². The van der Waals surface area contributed by atoms with E-state index in [2.05, 4.69) is 4.98 Å². The highest BCUT2D eigenvalue weighted by molar-refractivity contribution is 6.07. The van der Waals surface area contributed by atoms with E-state index in [4.69, 9.17) is 0 Å². The Bertz CT molecular complexity index is 1240. The fourth-order valence-corrected chi connectivity index (χ4v) is 5.05. The van der Waals surface area contributed by atoms with Crippen molar-refractivity contribution < 1.29 is 18.0 Å². The van der Waals surface area contributed by atoms with E-state index in [0.717, 1.165) is 35.2 Å². The number of hydrogen-bond acceptors (Lipinski definition) is 2. The molecule has 3 aromatic rings. The fourth-order valence-electron chi connectivity index (χ4n) is 5.05. The molecule has 8 heteroatoms. The zero-order valence-corrected chi connectivity index (χ0v) is 16.5. The number of carbonyl (C=O) groups is 1. The van der Waals surface area contributed by atoms with Crippen LogP contribution in [0.3, 0.4) is 0 Å². The molecule has 2 fully saturated rings. The summed E-state index contributed by atoms with van der Waals surface area (Å²) in [4.78, 5) is 30.1. The first-order valence-electron chi connectivity index (χ1n) is 9.76. The van der Waals surface area contributed by atoms with Gasteiger partial charge in [0.05, 0.1) is 22.0 Å². The molecule has 1 N–H and O–H groups in total. The zero-order chi connectivity index (χ0) is 21.4. The fraction of sp³-hybridized carbons (Fsp3) is 0.364. The molecule has 0 radical (unpaired) electrons. The van der Waals surface area contributed by atoms with Crippen molar-refractivity contribution >= 4 is 16.8 Å². The van der Waals surface area contributed by atoms with Crippen molar-refractivity contribution in [3.05, 3.63) is 69.3 Å². The summed E-state index contributed by atoms with van der Waals surface area (Å²) < 4.78 is 40.4. The number of hydrogen-bond donors (Lipinski definition) is 1. The van der Waals surface area contributed by atoms with Crippen LogP contribution in [0, 0.1) is 12.8 Å². The Morgan fingerprint density at radius 3 is 2.60 bits per heavy atom. The molecule has 3 heterocycles. The van der Waals surface area contributed by atoms with Gasteiger partial charge in [0.15, 0.2) is 0 Å². The summed E-state index contributed by atoms with van der Waals surface area (Å²) in [5, 5.41) is 0.381. The van der Waals surface area contributed by atoms with Crippen LogP contribution in [0.5, 0.6) is 0 Å². The minimum atomic E-state index is -4.36. The minimum absolute atomic E-state index is 0.213. The van der Waals surface area contributed by atoms with Crippen molar-refractivity contribution in [1.29, 1.82) is 0 Å². The van der Waals surface area contributed by atoms with E-state index in [9.17, 15) is 22.8 Å². The van der Waals surface area contributed by atoms with Crippen molar-refractivity contribution in [3.63, 3.8) is 0 Å². The Kier molecular flexibility index (Phi) is 3.79. The lowest BCUT2D eigenvalue weighted by Gasteiger charge is -2.21. The monoisotopic (exact) mass is 415 g/mol. The summed E-state index contributed by atoms with van der Waals surface area (Å²) in [6, 6.07) is 5.28. The summed E-state index contributed by atoms with van der Waals surface area (Å²) in [5.41, 5.74) is 1.54. The average Bonchev–Trinajstić information content (AvgIpc) is 3.08. The van der Waals surface area contributed by atoms with E-state index in [0.29, 0.717) is 24.0 Å². The Morgan fingerprint density at radius 1 is 1.23 bits per heavy atom. The van der Waals surface area contributed by atoms with Crippen LogP contribution in [-0.2, 0) is 18.6 Å². The van der Waals surface area contributed by atoms with Gasteiger partial charge in [-0.3, -0.25) is 9.59 Å². The third-order valence-electron chi connectivity index (χ3n) is 6.65. The van der Waals surface area contributed by atoms with Gasteiger partial charge in [0.2, 0.25) is 0 Å². The Labute approximate surface area is 170 Å². The second kappa shape index (κ2) is 6.00. The summed E-state index contributed by atoms with van der Waals surface area (Å²) in [7, 11) is 1.80. The van der Waals surface area contributed by atoms with Gasteiger partial charge in [0, 0.05) is 37.9 Å². The highest BCUT2D eigenvalue weighted by atomic mass is 19.4. The quantitative estimate of drug-likeness (QED) is 0.695. The lowest BCUT2D eigenvalue weighted by atomic mass is 9.94. The molecule has 0 spiro atoms. The molecule has 0 bridgehead atoms. The number of likely N-dealkylation sites (tertiary alicyclic amines) is 1. The molecule has 5 nitrogen and oxygen atoms in total. The maximum atomic E-state index is 13.3. The van der Waals surface area contributed by atoms with E-state index in [1.54, 1.807) is 28.9 Å². The molecule has 2 aromatic heterocycles. The Morgan fingerprint density at radius 2 is 1.93 bits per heavy atom. The maximum absolute atomic E-state index is 13.3. The van der Waals surface area contributed by atoms with Crippen molar-refractivity contribution in [2.75, 3.05) is 13.1 Å². The number of fused-ring (bicyclic) bond motifs is 2. The first-order chi connectivity index (χ1) is 14.1. The number of nitrogens with zero attached hydrogens (tertiary/aromatic N) is 2. The zero-order valence-electron chi connectivity index (χ0n) is 16.5. The van der Waals surface area contributed by atoms with Gasteiger partial charge >= 0.3 is 6.18 Å². The second-order valence-corrected chi connectivity index (χ2v) is 8.50.